The molecule has 0 saturated carbocycles. The van der Waals surface area contributed by atoms with Crippen molar-refractivity contribution < 1.29 is 26.4 Å². The molecule has 0 spiro atoms. The zero-order chi connectivity index (χ0) is 22.6. The van der Waals surface area contributed by atoms with E-state index in [4.69, 9.17) is 0 Å². The standard InChI is InChI=1S/C20H23F3N4O3S/c1-2-19(28)25-14-15-3-5-17(6-4-15)31(29,30)27-11-9-26(10-12-27)18-13-16(7-8-24-18)20(21,22)23/h3-8,13H,2,9-12,14H2,1H3,(H,25,28). The van der Waals surface area contributed by atoms with E-state index < -0.39 is 21.8 Å². The molecule has 1 aliphatic rings. The van der Waals surface area contributed by atoms with E-state index in [1.54, 1.807) is 24.0 Å². The normalized spacial score (nSPS) is 15.7. The van der Waals surface area contributed by atoms with E-state index in [-0.39, 0.29) is 42.8 Å². The maximum absolute atomic E-state index is 12.9. The maximum Gasteiger partial charge on any atom is 0.416 e. The van der Waals surface area contributed by atoms with Crippen molar-refractivity contribution in [3.05, 3.63) is 53.7 Å². The molecule has 1 saturated heterocycles. The maximum atomic E-state index is 12.9. The van der Waals surface area contributed by atoms with Crippen LogP contribution in [0.5, 0.6) is 0 Å². The second-order valence-electron chi connectivity index (χ2n) is 7.07. The van der Waals surface area contributed by atoms with Crippen LogP contribution in [0, 0.1) is 0 Å². The first kappa shape index (κ1) is 23.0. The van der Waals surface area contributed by atoms with Gasteiger partial charge in [-0.3, -0.25) is 4.79 Å². The lowest BCUT2D eigenvalue weighted by molar-refractivity contribution is -0.137. The van der Waals surface area contributed by atoms with E-state index in [1.807, 2.05) is 0 Å². The van der Waals surface area contributed by atoms with Gasteiger partial charge in [0.1, 0.15) is 5.82 Å². The minimum absolute atomic E-state index is 0.0928. The van der Waals surface area contributed by atoms with Crippen molar-refractivity contribution in [2.45, 2.75) is 31.0 Å². The number of sulfonamides is 1. The molecule has 7 nitrogen and oxygen atoms in total. The third kappa shape index (κ3) is 5.53. The van der Waals surface area contributed by atoms with Crippen LogP contribution in [0.2, 0.25) is 0 Å². The van der Waals surface area contributed by atoms with Gasteiger partial charge in [0.25, 0.3) is 0 Å². The summed E-state index contributed by atoms with van der Waals surface area (Å²) in [5, 5.41) is 2.72. The number of aromatic nitrogens is 1. The first-order chi connectivity index (χ1) is 14.6. The molecule has 0 radical (unpaired) electrons. The number of nitrogens with zero attached hydrogens (tertiary/aromatic N) is 3. The quantitative estimate of drug-likeness (QED) is 0.723. The number of carbonyl (C=O) groups is 1. The van der Waals surface area contributed by atoms with Gasteiger partial charge in [-0.2, -0.15) is 17.5 Å². The van der Waals surface area contributed by atoms with E-state index >= 15 is 0 Å². The Balaban J connectivity index is 1.64. The number of carbonyl (C=O) groups excluding carboxylic acids is 1. The topological polar surface area (TPSA) is 82.6 Å². The fourth-order valence-corrected chi connectivity index (χ4v) is 4.60. The number of amides is 1. The first-order valence-corrected chi connectivity index (χ1v) is 11.2. The fraction of sp³-hybridized carbons (Fsp3) is 0.400. The van der Waals surface area contributed by atoms with Gasteiger partial charge < -0.3 is 10.2 Å². The van der Waals surface area contributed by atoms with Crippen LogP contribution in [0.15, 0.2) is 47.5 Å². The summed E-state index contributed by atoms with van der Waals surface area (Å²) >= 11 is 0. The van der Waals surface area contributed by atoms with Crippen molar-refractivity contribution in [3.63, 3.8) is 0 Å². The summed E-state index contributed by atoms with van der Waals surface area (Å²) in [6.45, 7) is 2.79. The number of hydrogen-bond acceptors (Lipinski definition) is 5. The van der Waals surface area contributed by atoms with Gasteiger partial charge in [0.15, 0.2) is 0 Å². The van der Waals surface area contributed by atoms with Gasteiger partial charge in [0.05, 0.1) is 10.5 Å². The molecule has 0 aliphatic carbocycles. The van der Waals surface area contributed by atoms with Crippen LogP contribution in [-0.2, 0) is 27.5 Å². The van der Waals surface area contributed by atoms with E-state index in [2.05, 4.69) is 10.3 Å². The van der Waals surface area contributed by atoms with Gasteiger partial charge in [0.2, 0.25) is 15.9 Å². The number of benzene rings is 1. The minimum atomic E-state index is -4.46. The van der Waals surface area contributed by atoms with E-state index in [1.165, 1.54) is 16.4 Å². The van der Waals surface area contributed by atoms with Gasteiger partial charge in [0, 0.05) is 45.3 Å². The van der Waals surface area contributed by atoms with Crippen LogP contribution in [0.25, 0.3) is 0 Å². The molecule has 0 bridgehead atoms. The van der Waals surface area contributed by atoms with Crippen molar-refractivity contribution in [2.24, 2.45) is 0 Å². The smallest absolute Gasteiger partial charge is 0.354 e. The summed E-state index contributed by atoms with van der Waals surface area (Å²) in [6, 6.07) is 8.14. The van der Waals surface area contributed by atoms with Crippen LogP contribution < -0.4 is 10.2 Å². The Morgan fingerprint density at radius 3 is 2.32 bits per heavy atom. The van der Waals surface area contributed by atoms with E-state index in [9.17, 15) is 26.4 Å². The van der Waals surface area contributed by atoms with E-state index in [0.29, 0.717) is 13.0 Å². The van der Waals surface area contributed by atoms with Crippen LogP contribution in [-0.4, -0.2) is 49.8 Å². The van der Waals surface area contributed by atoms with Crippen LogP contribution >= 0.6 is 0 Å². The highest BCUT2D eigenvalue weighted by Gasteiger charge is 2.33. The monoisotopic (exact) mass is 456 g/mol. The lowest BCUT2D eigenvalue weighted by atomic mass is 10.2. The average molecular weight is 456 g/mol. The average Bonchev–Trinajstić information content (AvgIpc) is 2.77. The van der Waals surface area contributed by atoms with Crippen LogP contribution in [0.1, 0.15) is 24.5 Å². The molecule has 3 rings (SSSR count). The molecule has 168 valence electrons. The highest BCUT2D eigenvalue weighted by molar-refractivity contribution is 7.89. The van der Waals surface area contributed by atoms with Crippen molar-refractivity contribution >= 4 is 21.7 Å². The largest absolute Gasteiger partial charge is 0.416 e. The minimum Gasteiger partial charge on any atom is -0.354 e. The molecule has 0 atom stereocenters. The molecule has 2 heterocycles. The number of alkyl halides is 3. The van der Waals surface area contributed by atoms with Gasteiger partial charge in [-0.05, 0) is 29.8 Å². The van der Waals surface area contributed by atoms with E-state index in [0.717, 1.165) is 23.9 Å². The SMILES string of the molecule is CCC(=O)NCc1ccc(S(=O)(=O)N2CCN(c3cc(C(F)(F)F)ccn3)CC2)cc1. The van der Waals surface area contributed by atoms with Gasteiger partial charge in [-0.1, -0.05) is 19.1 Å². The third-order valence-electron chi connectivity index (χ3n) is 5.01. The summed E-state index contributed by atoms with van der Waals surface area (Å²) in [5.74, 6) is 0.0789. The molecule has 1 aromatic carbocycles. The number of pyridine rings is 1. The van der Waals surface area contributed by atoms with Crippen molar-refractivity contribution in [3.8, 4) is 0 Å². The summed E-state index contributed by atoms with van der Waals surface area (Å²) in [5.41, 5.74) is -0.0102. The zero-order valence-electron chi connectivity index (χ0n) is 16.9. The Kier molecular flexibility index (Phi) is 6.85. The van der Waals surface area contributed by atoms with Crippen molar-refractivity contribution in [2.75, 3.05) is 31.1 Å². The Bertz CT molecular complexity index is 1020. The number of hydrogen-bond donors (Lipinski definition) is 1. The highest BCUT2D eigenvalue weighted by Crippen LogP contribution is 2.31. The number of anilines is 1. The molecule has 1 aliphatic heterocycles. The predicted molar refractivity (Wildman–Crippen MR) is 109 cm³/mol. The summed E-state index contributed by atoms with van der Waals surface area (Å²) in [4.78, 5) is 17.1. The summed E-state index contributed by atoms with van der Waals surface area (Å²) in [7, 11) is -3.73. The predicted octanol–water partition coefficient (Wildman–Crippen LogP) is 2.64. The molecule has 0 unspecified atom stereocenters. The van der Waals surface area contributed by atoms with Crippen molar-refractivity contribution in [1.82, 2.24) is 14.6 Å². The Hall–Kier alpha value is -2.66. The van der Waals surface area contributed by atoms with Gasteiger partial charge in [-0.25, -0.2) is 13.4 Å². The lowest BCUT2D eigenvalue weighted by Crippen LogP contribution is -2.49. The summed E-state index contributed by atoms with van der Waals surface area (Å²) < 4.78 is 65.9. The number of piperazine rings is 1. The lowest BCUT2D eigenvalue weighted by Gasteiger charge is -2.34. The second kappa shape index (κ2) is 9.23. The van der Waals surface area contributed by atoms with Crippen molar-refractivity contribution in [1.29, 1.82) is 0 Å². The van der Waals surface area contributed by atoms with Crippen LogP contribution in [0.4, 0.5) is 19.0 Å². The molecular formula is C20H23F3N4O3S. The molecule has 2 aromatic rings. The molecule has 1 N–H and O–H groups in total. The molecule has 1 fully saturated rings. The molecular weight excluding hydrogens is 433 g/mol. The molecule has 11 heteroatoms. The molecule has 1 aromatic heterocycles. The van der Waals surface area contributed by atoms with Gasteiger partial charge >= 0.3 is 6.18 Å². The summed E-state index contributed by atoms with van der Waals surface area (Å²) in [6.07, 6.45) is -2.99. The fourth-order valence-electron chi connectivity index (χ4n) is 3.18. The Morgan fingerprint density at radius 2 is 1.74 bits per heavy atom. The molecule has 1 amide bonds. The van der Waals surface area contributed by atoms with Gasteiger partial charge in [-0.15, -0.1) is 0 Å². The molecule has 31 heavy (non-hydrogen) atoms. The first-order valence-electron chi connectivity index (χ1n) is 9.75. The zero-order valence-corrected chi connectivity index (χ0v) is 17.7. The third-order valence-corrected chi connectivity index (χ3v) is 6.92. The Labute approximate surface area is 178 Å². The number of nitrogens with one attached hydrogen (secondary N) is 1. The number of rotatable bonds is 6. The second-order valence-corrected chi connectivity index (χ2v) is 9.00. The van der Waals surface area contributed by atoms with Crippen LogP contribution in [0.3, 0.4) is 0 Å². The number of halogens is 3. The Morgan fingerprint density at radius 1 is 1.10 bits per heavy atom. The highest BCUT2D eigenvalue weighted by atomic mass is 32.2.